The predicted molar refractivity (Wildman–Crippen MR) is 89.7 cm³/mol. The van der Waals surface area contributed by atoms with Gasteiger partial charge < -0.3 is 9.88 Å². The Morgan fingerprint density at radius 3 is 2.67 bits per heavy atom. The van der Waals surface area contributed by atoms with Crippen LogP contribution in [0, 0.1) is 0 Å². The van der Waals surface area contributed by atoms with Crippen LogP contribution < -0.4 is 5.32 Å². The Morgan fingerprint density at radius 1 is 1.14 bits per heavy atom. The van der Waals surface area contributed by atoms with Gasteiger partial charge in [0.2, 0.25) is 5.91 Å². The first kappa shape index (κ1) is 14.2. The zero-order chi connectivity index (χ0) is 14.8. The van der Waals surface area contributed by atoms with E-state index in [1.807, 2.05) is 59.3 Å². The summed E-state index contributed by atoms with van der Waals surface area (Å²) in [7, 11) is 0. The molecule has 0 bridgehead atoms. The second-order valence-corrected chi connectivity index (χ2v) is 6.05. The van der Waals surface area contributed by atoms with Crippen LogP contribution in [0.15, 0.2) is 59.2 Å². The van der Waals surface area contributed by atoms with Crippen molar-refractivity contribution in [2.45, 2.75) is 6.54 Å². The van der Waals surface area contributed by atoms with E-state index in [9.17, 15) is 4.79 Å². The zero-order valence-electron chi connectivity index (χ0n) is 11.0. The molecular weight excluding hydrogens is 352 g/mol. The van der Waals surface area contributed by atoms with Gasteiger partial charge in [-0.15, -0.1) is 0 Å². The highest BCUT2D eigenvalue weighted by molar-refractivity contribution is 9.10. The molecule has 1 amide bonds. The maximum atomic E-state index is 12.1. The molecule has 3 aromatic rings. The van der Waals surface area contributed by atoms with Crippen LogP contribution in [0.1, 0.15) is 0 Å². The first-order valence-corrected chi connectivity index (χ1v) is 7.59. The van der Waals surface area contributed by atoms with Crippen molar-refractivity contribution >= 4 is 50.0 Å². The molecule has 0 radical (unpaired) electrons. The molecule has 21 heavy (non-hydrogen) atoms. The molecule has 0 fully saturated rings. The molecule has 0 unspecified atom stereocenters. The van der Waals surface area contributed by atoms with Crippen LogP contribution >= 0.6 is 27.5 Å². The van der Waals surface area contributed by atoms with Gasteiger partial charge in [-0.25, -0.2) is 0 Å². The summed E-state index contributed by atoms with van der Waals surface area (Å²) >= 11 is 9.33. The molecule has 0 aliphatic carbocycles. The van der Waals surface area contributed by atoms with Crippen molar-refractivity contribution in [1.82, 2.24) is 4.57 Å². The Kier molecular flexibility index (Phi) is 3.99. The van der Waals surface area contributed by atoms with Crippen LogP contribution in [0.5, 0.6) is 0 Å². The molecule has 0 saturated carbocycles. The van der Waals surface area contributed by atoms with E-state index in [1.54, 1.807) is 0 Å². The molecule has 0 saturated heterocycles. The number of carbonyl (C=O) groups excluding carboxylic acids is 1. The normalized spacial score (nSPS) is 10.8. The third-order valence-electron chi connectivity index (χ3n) is 3.17. The van der Waals surface area contributed by atoms with Gasteiger partial charge in [-0.3, -0.25) is 4.79 Å². The fraction of sp³-hybridized carbons (Fsp3) is 0.0625. The van der Waals surface area contributed by atoms with Gasteiger partial charge in [0.05, 0.1) is 0 Å². The highest BCUT2D eigenvalue weighted by Gasteiger charge is 2.07. The Labute approximate surface area is 135 Å². The van der Waals surface area contributed by atoms with Crippen molar-refractivity contribution < 1.29 is 4.79 Å². The Morgan fingerprint density at radius 2 is 1.90 bits per heavy atom. The average Bonchev–Trinajstić information content (AvgIpc) is 2.83. The lowest BCUT2D eigenvalue weighted by atomic mass is 10.2. The van der Waals surface area contributed by atoms with Gasteiger partial charge in [0.25, 0.3) is 0 Å². The lowest BCUT2D eigenvalue weighted by Crippen LogP contribution is -2.18. The monoisotopic (exact) mass is 362 g/mol. The van der Waals surface area contributed by atoms with Crippen molar-refractivity contribution in [3.8, 4) is 0 Å². The Bertz CT molecular complexity index is 796. The molecule has 0 atom stereocenters. The van der Waals surface area contributed by atoms with Crippen molar-refractivity contribution in [3.63, 3.8) is 0 Å². The van der Waals surface area contributed by atoms with Crippen molar-refractivity contribution in [2.24, 2.45) is 0 Å². The average molecular weight is 364 g/mol. The number of nitrogens with zero attached hydrogens (tertiary/aromatic N) is 1. The van der Waals surface area contributed by atoms with Crippen LogP contribution in [-0.4, -0.2) is 10.5 Å². The summed E-state index contributed by atoms with van der Waals surface area (Å²) in [5.74, 6) is -0.0650. The summed E-state index contributed by atoms with van der Waals surface area (Å²) in [5.41, 5.74) is 1.77. The maximum Gasteiger partial charge on any atom is 0.244 e. The highest BCUT2D eigenvalue weighted by Crippen LogP contribution is 2.20. The van der Waals surface area contributed by atoms with E-state index in [4.69, 9.17) is 11.6 Å². The first-order chi connectivity index (χ1) is 10.1. The minimum Gasteiger partial charge on any atom is -0.338 e. The second-order valence-electron chi connectivity index (χ2n) is 4.70. The van der Waals surface area contributed by atoms with E-state index in [1.165, 1.54) is 0 Å². The smallest absolute Gasteiger partial charge is 0.244 e. The molecule has 1 N–H and O–H groups in total. The minimum absolute atomic E-state index is 0.0650. The lowest BCUT2D eigenvalue weighted by Gasteiger charge is -2.07. The van der Waals surface area contributed by atoms with Crippen molar-refractivity contribution in [1.29, 1.82) is 0 Å². The van der Waals surface area contributed by atoms with Gasteiger partial charge >= 0.3 is 0 Å². The predicted octanol–water partition coefficient (Wildman–Crippen LogP) is 4.70. The number of anilines is 1. The zero-order valence-corrected chi connectivity index (χ0v) is 13.4. The number of fused-ring (bicyclic) bond motifs is 1. The molecule has 3 rings (SSSR count). The summed E-state index contributed by atoms with van der Waals surface area (Å²) < 4.78 is 2.88. The van der Waals surface area contributed by atoms with Crippen molar-refractivity contribution in [2.75, 3.05) is 5.32 Å². The summed E-state index contributed by atoms with van der Waals surface area (Å²) in [5, 5.41) is 4.60. The lowest BCUT2D eigenvalue weighted by molar-refractivity contribution is -0.116. The standard InChI is InChI=1S/C16H12BrClN2O/c17-12-1-4-14(5-2-12)19-16(21)10-20-8-7-11-9-13(18)3-6-15(11)20/h1-9H,10H2,(H,19,21). The summed E-state index contributed by atoms with van der Waals surface area (Å²) in [4.78, 5) is 12.1. The van der Waals surface area contributed by atoms with E-state index >= 15 is 0 Å². The van der Waals surface area contributed by atoms with E-state index in [0.29, 0.717) is 5.02 Å². The molecule has 0 aliphatic rings. The van der Waals surface area contributed by atoms with E-state index < -0.39 is 0 Å². The molecule has 1 heterocycles. The molecule has 106 valence electrons. The van der Waals surface area contributed by atoms with Crippen LogP contribution in [0.4, 0.5) is 5.69 Å². The van der Waals surface area contributed by atoms with Crippen LogP contribution in [0.3, 0.4) is 0 Å². The number of amides is 1. The number of hydrogen-bond acceptors (Lipinski definition) is 1. The number of hydrogen-bond donors (Lipinski definition) is 1. The number of carbonyl (C=O) groups is 1. The molecule has 5 heteroatoms. The fourth-order valence-electron chi connectivity index (χ4n) is 2.20. The summed E-state index contributed by atoms with van der Waals surface area (Å²) in [6, 6.07) is 15.1. The second kappa shape index (κ2) is 5.92. The highest BCUT2D eigenvalue weighted by atomic mass is 79.9. The number of halogens is 2. The minimum atomic E-state index is -0.0650. The van der Waals surface area contributed by atoms with Crippen LogP contribution in [0.2, 0.25) is 5.02 Å². The molecule has 1 aromatic heterocycles. The first-order valence-electron chi connectivity index (χ1n) is 6.42. The molecule has 0 spiro atoms. The third-order valence-corrected chi connectivity index (χ3v) is 3.94. The van der Waals surface area contributed by atoms with Crippen LogP contribution in [0.25, 0.3) is 10.9 Å². The van der Waals surface area contributed by atoms with Gasteiger partial charge in [-0.1, -0.05) is 27.5 Å². The molecule has 3 nitrogen and oxygen atoms in total. The van der Waals surface area contributed by atoms with E-state index in [0.717, 1.165) is 21.1 Å². The van der Waals surface area contributed by atoms with Crippen LogP contribution in [-0.2, 0) is 11.3 Å². The number of benzene rings is 2. The van der Waals surface area contributed by atoms with Gasteiger partial charge in [0.15, 0.2) is 0 Å². The fourth-order valence-corrected chi connectivity index (χ4v) is 2.64. The third kappa shape index (κ3) is 3.28. The summed E-state index contributed by atoms with van der Waals surface area (Å²) in [6.07, 6.45) is 1.89. The van der Waals surface area contributed by atoms with Gasteiger partial charge in [0, 0.05) is 32.3 Å². The number of rotatable bonds is 3. The van der Waals surface area contributed by atoms with Gasteiger partial charge in [0.1, 0.15) is 6.54 Å². The van der Waals surface area contributed by atoms with E-state index in [2.05, 4.69) is 21.2 Å². The number of aromatic nitrogens is 1. The van der Waals surface area contributed by atoms with Gasteiger partial charge in [-0.2, -0.15) is 0 Å². The quantitative estimate of drug-likeness (QED) is 0.719. The van der Waals surface area contributed by atoms with Gasteiger partial charge in [-0.05, 0) is 48.5 Å². The largest absolute Gasteiger partial charge is 0.338 e. The molecular formula is C16H12BrClN2O. The molecule has 2 aromatic carbocycles. The maximum absolute atomic E-state index is 12.1. The Hall–Kier alpha value is -1.78. The van der Waals surface area contributed by atoms with E-state index in [-0.39, 0.29) is 12.5 Å². The topological polar surface area (TPSA) is 34.0 Å². The van der Waals surface area contributed by atoms with Crippen molar-refractivity contribution in [3.05, 3.63) is 64.2 Å². The number of nitrogens with one attached hydrogen (secondary N) is 1. The SMILES string of the molecule is O=C(Cn1ccc2cc(Cl)ccc21)Nc1ccc(Br)cc1. The molecule has 0 aliphatic heterocycles. The summed E-state index contributed by atoms with van der Waals surface area (Å²) in [6.45, 7) is 0.265. The Balaban J connectivity index is 1.75.